The molecule has 2 rings (SSSR count). The fourth-order valence-electron chi connectivity index (χ4n) is 2.10. The van der Waals surface area contributed by atoms with E-state index in [1.165, 1.54) is 0 Å². The summed E-state index contributed by atoms with van der Waals surface area (Å²) in [6.45, 7) is 14.0. The molecule has 1 aliphatic heterocycles. The minimum atomic E-state index is -0.351. The molecule has 0 aromatic carbocycles. The SMILES string of the molecule is C=C/C=c1/[nH]c(B2OC(C)(C)C(C)(C)O2)c/c1=C/C. The van der Waals surface area contributed by atoms with Crippen LogP contribution in [0.4, 0.5) is 0 Å². The van der Waals surface area contributed by atoms with Crippen molar-refractivity contribution < 1.29 is 9.31 Å². The minimum absolute atomic E-state index is 0.318. The van der Waals surface area contributed by atoms with E-state index in [1.807, 2.05) is 13.0 Å². The number of aromatic nitrogens is 1. The highest BCUT2D eigenvalue weighted by Gasteiger charge is 2.52. The van der Waals surface area contributed by atoms with Gasteiger partial charge in [0.25, 0.3) is 0 Å². The smallest absolute Gasteiger partial charge is 0.398 e. The summed E-state index contributed by atoms with van der Waals surface area (Å²) in [6, 6.07) is 2.07. The van der Waals surface area contributed by atoms with E-state index in [9.17, 15) is 0 Å². The number of hydrogen-bond donors (Lipinski definition) is 1. The van der Waals surface area contributed by atoms with Crippen LogP contribution in [0.15, 0.2) is 18.7 Å². The van der Waals surface area contributed by atoms with Crippen LogP contribution >= 0.6 is 0 Å². The van der Waals surface area contributed by atoms with E-state index >= 15 is 0 Å². The Hall–Kier alpha value is -1.26. The molecule has 2 heterocycles. The molecule has 1 aromatic heterocycles. The molecule has 3 nitrogen and oxygen atoms in total. The average Bonchev–Trinajstić information content (AvgIpc) is 2.79. The zero-order valence-electron chi connectivity index (χ0n) is 12.4. The van der Waals surface area contributed by atoms with E-state index in [4.69, 9.17) is 9.31 Å². The fraction of sp³-hybridized carbons (Fsp3) is 0.467. The molecule has 1 saturated heterocycles. The van der Waals surface area contributed by atoms with Gasteiger partial charge in [0, 0.05) is 10.9 Å². The summed E-state index contributed by atoms with van der Waals surface area (Å²) < 4.78 is 12.1. The van der Waals surface area contributed by atoms with Crippen molar-refractivity contribution in [3.8, 4) is 0 Å². The molecule has 4 heteroatoms. The maximum Gasteiger partial charge on any atom is 0.512 e. The number of hydrogen-bond acceptors (Lipinski definition) is 2. The first-order valence-electron chi connectivity index (χ1n) is 6.64. The predicted molar refractivity (Wildman–Crippen MR) is 80.6 cm³/mol. The number of allylic oxidation sites excluding steroid dienone is 1. The second-order valence-electron chi connectivity index (χ2n) is 5.87. The Morgan fingerprint density at radius 3 is 2.26 bits per heavy atom. The van der Waals surface area contributed by atoms with E-state index < -0.39 is 0 Å². The molecule has 1 aromatic rings. The third-order valence-electron chi connectivity index (χ3n) is 4.00. The second kappa shape index (κ2) is 4.69. The zero-order chi connectivity index (χ0) is 14.3. The Balaban J connectivity index is 2.41. The van der Waals surface area contributed by atoms with E-state index in [1.54, 1.807) is 6.08 Å². The van der Waals surface area contributed by atoms with Crippen LogP contribution in [-0.2, 0) is 9.31 Å². The minimum Gasteiger partial charge on any atom is -0.398 e. The third-order valence-corrected chi connectivity index (χ3v) is 4.00. The fourth-order valence-corrected chi connectivity index (χ4v) is 2.10. The van der Waals surface area contributed by atoms with Gasteiger partial charge in [0.15, 0.2) is 0 Å². The molecule has 102 valence electrons. The van der Waals surface area contributed by atoms with Gasteiger partial charge in [0.05, 0.1) is 11.2 Å². The molecule has 0 aliphatic carbocycles. The highest BCUT2D eigenvalue weighted by atomic mass is 16.7. The van der Waals surface area contributed by atoms with E-state index in [-0.39, 0.29) is 18.3 Å². The van der Waals surface area contributed by atoms with Gasteiger partial charge in [-0.05, 0) is 52.0 Å². The van der Waals surface area contributed by atoms with Gasteiger partial charge in [-0.25, -0.2) is 0 Å². The van der Waals surface area contributed by atoms with E-state index in [2.05, 4.69) is 51.4 Å². The molecule has 19 heavy (non-hydrogen) atoms. The van der Waals surface area contributed by atoms with Crippen molar-refractivity contribution in [3.63, 3.8) is 0 Å². The van der Waals surface area contributed by atoms with Crippen molar-refractivity contribution >= 4 is 24.9 Å². The van der Waals surface area contributed by atoms with Crippen LogP contribution in [0.2, 0.25) is 0 Å². The lowest BCUT2D eigenvalue weighted by molar-refractivity contribution is 0.00578. The third kappa shape index (κ3) is 2.43. The summed E-state index contributed by atoms with van der Waals surface area (Å²) >= 11 is 0. The largest absolute Gasteiger partial charge is 0.512 e. The van der Waals surface area contributed by atoms with Crippen LogP contribution in [0.1, 0.15) is 34.6 Å². The summed E-state index contributed by atoms with van der Waals surface area (Å²) in [5.74, 6) is 0. The van der Waals surface area contributed by atoms with Gasteiger partial charge < -0.3 is 14.3 Å². The van der Waals surface area contributed by atoms with Gasteiger partial charge in [-0.15, -0.1) is 0 Å². The monoisotopic (exact) mass is 259 g/mol. The Kier molecular flexibility index (Phi) is 3.50. The topological polar surface area (TPSA) is 34.2 Å². The van der Waals surface area contributed by atoms with Crippen LogP contribution < -0.4 is 16.2 Å². The average molecular weight is 259 g/mol. The Morgan fingerprint density at radius 1 is 1.21 bits per heavy atom. The van der Waals surface area contributed by atoms with Crippen molar-refractivity contribution in [1.82, 2.24) is 4.98 Å². The van der Waals surface area contributed by atoms with Gasteiger partial charge >= 0.3 is 7.12 Å². The molecule has 0 unspecified atom stereocenters. The number of aromatic amines is 1. The van der Waals surface area contributed by atoms with Crippen LogP contribution in [0.25, 0.3) is 12.2 Å². The van der Waals surface area contributed by atoms with Gasteiger partial charge in [-0.3, -0.25) is 0 Å². The van der Waals surface area contributed by atoms with Crippen molar-refractivity contribution in [3.05, 3.63) is 29.3 Å². The molecule has 0 radical (unpaired) electrons. The maximum absolute atomic E-state index is 6.03. The first-order chi connectivity index (χ1) is 8.80. The first-order valence-corrected chi connectivity index (χ1v) is 6.64. The van der Waals surface area contributed by atoms with Gasteiger partial charge in [-0.1, -0.05) is 18.7 Å². The Bertz CT molecular complexity index is 582. The molecule has 0 atom stereocenters. The van der Waals surface area contributed by atoms with Gasteiger partial charge in [0.1, 0.15) is 0 Å². The Morgan fingerprint density at radius 2 is 1.79 bits per heavy atom. The van der Waals surface area contributed by atoms with Crippen molar-refractivity contribution in [2.24, 2.45) is 0 Å². The molecule has 0 bridgehead atoms. The van der Waals surface area contributed by atoms with Crippen LogP contribution in [0, 0.1) is 0 Å². The van der Waals surface area contributed by atoms with Crippen LogP contribution in [0.5, 0.6) is 0 Å². The standard InChI is InChI=1S/C15H22BNO2/c1-7-9-12-11(8-2)10-13(17-12)16-18-14(3,4)15(5,6)19-16/h7-10,17H,1H2,2-6H3/b11-8-,12-9+. The normalized spacial score (nSPS) is 23.1. The second-order valence-corrected chi connectivity index (χ2v) is 5.87. The predicted octanol–water partition coefficient (Wildman–Crippen LogP) is 1.08. The van der Waals surface area contributed by atoms with Crippen LogP contribution in [0.3, 0.4) is 0 Å². The molecule has 1 fully saturated rings. The van der Waals surface area contributed by atoms with Gasteiger partial charge in [-0.2, -0.15) is 0 Å². The number of H-pyrrole nitrogens is 1. The summed E-state index contributed by atoms with van der Waals surface area (Å²) in [5, 5.41) is 2.16. The summed E-state index contributed by atoms with van der Waals surface area (Å²) in [5.41, 5.74) is 0.308. The quantitative estimate of drug-likeness (QED) is 0.806. The highest BCUT2D eigenvalue weighted by molar-refractivity contribution is 6.61. The molecule has 0 saturated carbocycles. The lowest BCUT2D eigenvalue weighted by Gasteiger charge is -2.32. The van der Waals surface area contributed by atoms with Crippen LogP contribution in [-0.4, -0.2) is 23.3 Å². The lowest BCUT2D eigenvalue weighted by atomic mass is 9.85. The summed E-state index contributed by atoms with van der Waals surface area (Å²) in [4.78, 5) is 3.34. The molecule has 0 spiro atoms. The van der Waals surface area contributed by atoms with Gasteiger partial charge in [0.2, 0.25) is 0 Å². The first kappa shape index (κ1) is 14.2. The summed E-state index contributed by atoms with van der Waals surface area (Å²) in [6.07, 6.45) is 5.78. The molecule has 0 amide bonds. The molecular weight excluding hydrogens is 237 g/mol. The summed E-state index contributed by atoms with van der Waals surface area (Å²) in [7, 11) is -0.351. The van der Waals surface area contributed by atoms with E-state index in [0.29, 0.717) is 0 Å². The molecule has 1 aliphatic rings. The van der Waals surface area contributed by atoms with Crippen molar-refractivity contribution in [2.75, 3.05) is 0 Å². The maximum atomic E-state index is 6.03. The van der Waals surface area contributed by atoms with Crippen molar-refractivity contribution in [1.29, 1.82) is 0 Å². The molecule has 1 N–H and O–H groups in total. The molecular formula is C15H22BNO2. The van der Waals surface area contributed by atoms with E-state index in [0.717, 1.165) is 16.2 Å². The zero-order valence-corrected chi connectivity index (χ0v) is 12.4. The highest BCUT2D eigenvalue weighted by Crippen LogP contribution is 2.36. The number of nitrogens with one attached hydrogen (secondary N) is 1. The lowest BCUT2D eigenvalue weighted by Crippen LogP contribution is -2.41. The number of rotatable bonds is 2. The van der Waals surface area contributed by atoms with Crippen molar-refractivity contribution in [2.45, 2.75) is 45.8 Å². The Labute approximate surface area is 115 Å².